The van der Waals surface area contributed by atoms with E-state index >= 15 is 0 Å². The molecule has 0 spiro atoms. The second-order valence-corrected chi connectivity index (χ2v) is 5.87. The molecule has 1 aromatic carbocycles. The van der Waals surface area contributed by atoms with E-state index in [2.05, 4.69) is 27.8 Å². The van der Waals surface area contributed by atoms with E-state index in [1.54, 1.807) is 6.20 Å². The van der Waals surface area contributed by atoms with Crippen LogP contribution >= 0.6 is 27.5 Å². The molecule has 0 radical (unpaired) electrons. The lowest BCUT2D eigenvalue weighted by atomic mass is 10.0. The molecule has 0 aliphatic carbocycles. The maximum atomic E-state index is 11.8. The van der Waals surface area contributed by atoms with Gasteiger partial charge >= 0.3 is 0 Å². The summed E-state index contributed by atoms with van der Waals surface area (Å²) in [6.07, 6.45) is 4.66. The number of rotatable bonds is 5. The Morgan fingerprint density at radius 1 is 1.42 bits per heavy atom. The average Bonchev–Trinajstić information content (AvgIpc) is 2.39. The van der Waals surface area contributed by atoms with Gasteiger partial charge in [0, 0.05) is 28.9 Å². The van der Waals surface area contributed by atoms with Crippen molar-refractivity contribution in [2.24, 2.45) is 0 Å². The van der Waals surface area contributed by atoms with Gasteiger partial charge in [-0.15, -0.1) is 0 Å². The number of ketones is 1. The molecule has 100 valence electrons. The number of carbonyl (C=O) groups excluding carboxylic acids is 1. The highest BCUT2D eigenvalue weighted by Crippen LogP contribution is 2.28. The van der Waals surface area contributed by atoms with Gasteiger partial charge in [0.15, 0.2) is 0 Å². The van der Waals surface area contributed by atoms with Gasteiger partial charge in [-0.2, -0.15) is 0 Å². The third-order valence-electron chi connectivity index (χ3n) is 3.03. The molecule has 0 aliphatic rings. The van der Waals surface area contributed by atoms with Crippen LogP contribution in [0.3, 0.4) is 0 Å². The molecule has 0 atom stereocenters. The van der Waals surface area contributed by atoms with Gasteiger partial charge < -0.3 is 0 Å². The van der Waals surface area contributed by atoms with Crippen LogP contribution in [-0.2, 0) is 11.2 Å². The number of halogens is 2. The number of hydrogen-bond acceptors (Lipinski definition) is 2. The standard InChI is InChI=1S/C15H15BrClNO/c1-2-3-4-12(19)7-10-9-18-14-8-11(16)5-6-13(14)15(10)17/h5-6,8-9H,2-4,7H2,1H3. The Morgan fingerprint density at radius 3 is 2.95 bits per heavy atom. The zero-order chi connectivity index (χ0) is 13.8. The third kappa shape index (κ3) is 3.54. The zero-order valence-corrected chi connectivity index (χ0v) is 13.1. The van der Waals surface area contributed by atoms with Crippen molar-refractivity contribution in [2.45, 2.75) is 32.6 Å². The van der Waals surface area contributed by atoms with Gasteiger partial charge in [-0.25, -0.2) is 0 Å². The number of nitrogens with zero attached hydrogens (tertiary/aromatic N) is 1. The lowest BCUT2D eigenvalue weighted by Crippen LogP contribution is -2.03. The quantitative estimate of drug-likeness (QED) is 0.770. The van der Waals surface area contributed by atoms with Gasteiger partial charge in [0.2, 0.25) is 0 Å². The van der Waals surface area contributed by atoms with Crippen LogP contribution in [0, 0.1) is 0 Å². The van der Waals surface area contributed by atoms with E-state index in [0.29, 0.717) is 17.9 Å². The normalized spacial score (nSPS) is 10.9. The second-order valence-electron chi connectivity index (χ2n) is 4.58. The maximum absolute atomic E-state index is 11.8. The SMILES string of the molecule is CCCCC(=O)Cc1cnc2cc(Br)ccc2c1Cl. The largest absolute Gasteiger partial charge is 0.299 e. The van der Waals surface area contributed by atoms with Crippen molar-refractivity contribution in [2.75, 3.05) is 0 Å². The molecule has 19 heavy (non-hydrogen) atoms. The highest BCUT2D eigenvalue weighted by atomic mass is 79.9. The number of aromatic nitrogens is 1. The smallest absolute Gasteiger partial charge is 0.137 e. The number of fused-ring (bicyclic) bond motifs is 1. The summed E-state index contributed by atoms with van der Waals surface area (Å²) in [4.78, 5) is 16.2. The summed E-state index contributed by atoms with van der Waals surface area (Å²) in [6, 6.07) is 5.78. The van der Waals surface area contributed by atoms with E-state index in [4.69, 9.17) is 11.6 Å². The molecule has 2 rings (SSSR count). The van der Waals surface area contributed by atoms with Gasteiger partial charge in [0.25, 0.3) is 0 Å². The first kappa shape index (κ1) is 14.5. The molecule has 1 heterocycles. The number of pyridine rings is 1. The topological polar surface area (TPSA) is 30.0 Å². The Balaban J connectivity index is 2.27. The average molecular weight is 341 g/mol. The molecule has 0 bridgehead atoms. The first-order valence-electron chi connectivity index (χ1n) is 6.36. The van der Waals surface area contributed by atoms with Gasteiger partial charge in [-0.3, -0.25) is 9.78 Å². The highest BCUT2D eigenvalue weighted by molar-refractivity contribution is 9.10. The van der Waals surface area contributed by atoms with Crippen molar-refractivity contribution >= 4 is 44.2 Å². The first-order chi connectivity index (χ1) is 9.11. The van der Waals surface area contributed by atoms with Crippen LogP contribution in [0.25, 0.3) is 10.9 Å². The van der Waals surface area contributed by atoms with E-state index in [9.17, 15) is 4.79 Å². The van der Waals surface area contributed by atoms with Crippen LogP contribution in [0.4, 0.5) is 0 Å². The summed E-state index contributed by atoms with van der Waals surface area (Å²) >= 11 is 9.77. The molecule has 0 amide bonds. The fourth-order valence-corrected chi connectivity index (χ4v) is 2.60. The second kappa shape index (κ2) is 6.49. The van der Waals surface area contributed by atoms with Crippen LogP contribution in [0.15, 0.2) is 28.9 Å². The predicted molar refractivity (Wildman–Crippen MR) is 82.7 cm³/mol. The minimum absolute atomic E-state index is 0.224. The fraction of sp³-hybridized carbons (Fsp3) is 0.333. The van der Waals surface area contributed by atoms with Crippen LogP contribution in [0.1, 0.15) is 31.7 Å². The Bertz CT molecular complexity index is 612. The summed E-state index contributed by atoms with van der Waals surface area (Å²) in [5, 5.41) is 1.54. The number of hydrogen-bond donors (Lipinski definition) is 0. The van der Waals surface area contributed by atoms with Crippen LogP contribution in [-0.4, -0.2) is 10.8 Å². The Kier molecular flexibility index (Phi) is 4.94. The predicted octanol–water partition coefficient (Wildman–Crippen LogP) is 4.95. The summed E-state index contributed by atoms with van der Waals surface area (Å²) in [5.41, 5.74) is 1.65. The lowest BCUT2D eigenvalue weighted by molar-refractivity contribution is -0.118. The summed E-state index contributed by atoms with van der Waals surface area (Å²) in [5.74, 6) is 0.224. The van der Waals surface area contributed by atoms with Crippen LogP contribution in [0.2, 0.25) is 5.02 Å². The van der Waals surface area contributed by atoms with Crippen molar-refractivity contribution < 1.29 is 4.79 Å². The van der Waals surface area contributed by atoms with Crippen molar-refractivity contribution in [3.63, 3.8) is 0 Å². The number of unbranched alkanes of at least 4 members (excludes halogenated alkanes) is 1. The van der Waals surface area contributed by atoms with E-state index in [0.717, 1.165) is 33.8 Å². The van der Waals surface area contributed by atoms with Gasteiger partial charge in [-0.05, 0) is 24.1 Å². The molecule has 1 aromatic heterocycles. The molecular formula is C15H15BrClNO. The minimum Gasteiger partial charge on any atom is -0.299 e. The number of Topliss-reactive ketones (excluding diaryl/α,β-unsaturated/α-hetero) is 1. The van der Waals surface area contributed by atoms with Gasteiger partial charge in [-0.1, -0.05) is 46.9 Å². The minimum atomic E-state index is 0.224. The van der Waals surface area contributed by atoms with Crippen molar-refractivity contribution in [3.05, 3.63) is 39.5 Å². The summed E-state index contributed by atoms with van der Waals surface area (Å²) in [6.45, 7) is 2.08. The number of benzene rings is 1. The lowest BCUT2D eigenvalue weighted by Gasteiger charge is -2.07. The molecule has 0 N–H and O–H groups in total. The van der Waals surface area contributed by atoms with Crippen LogP contribution in [0.5, 0.6) is 0 Å². The van der Waals surface area contributed by atoms with Crippen molar-refractivity contribution in [1.82, 2.24) is 4.98 Å². The van der Waals surface area contributed by atoms with E-state index in [1.165, 1.54) is 0 Å². The van der Waals surface area contributed by atoms with E-state index in [-0.39, 0.29) is 5.78 Å². The molecule has 0 unspecified atom stereocenters. The molecule has 2 nitrogen and oxygen atoms in total. The Morgan fingerprint density at radius 2 is 2.21 bits per heavy atom. The van der Waals surface area contributed by atoms with Gasteiger partial charge in [0.1, 0.15) is 5.78 Å². The summed E-state index contributed by atoms with van der Waals surface area (Å²) in [7, 11) is 0. The van der Waals surface area contributed by atoms with Crippen molar-refractivity contribution in [3.8, 4) is 0 Å². The molecule has 2 aromatic rings. The van der Waals surface area contributed by atoms with Crippen LogP contribution < -0.4 is 0 Å². The molecular weight excluding hydrogens is 326 g/mol. The number of carbonyl (C=O) groups is 1. The molecule has 0 saturated carbocycles. The Labute approximate surface area is 126 Å². The van der Waals surface area contributed by atoms with E-state index in [1.807, 2.05) is 18.2 Å². The summed E-state index contributed by atoms with van der Waals surface area (Å²) < 4.78 is 0.968. The highest BCUT2D eigenvalue weighted by Gasteiger charge is 2.10. The van der Waals surface area contributed by atoms with E-state index < -0.39 is 0 Å². The first-order valence-corrected chi connectivity index (χ1v) is 7.53. The Hall–Kier alpha value is -0.930. The zero-order valence-electron chi connectivity index (χ0n) is 10.7. The molecule has 0 saturated heterocycles. The third-order valence-corrected chi connectivity index (χ3v) is 3.97. The maximum Gasteiger partial charge on any atom is 0.137 e. The molecule has 4 heteroatoms. The molecule has 0 fully saturated rings. The fourth-order valence-electron chi connectivity index (χ4n) is 1.97. The monoisotopic (exact) mass is 339 g/mol. The van der Waals surface area contributed by atoms with Crippen molar-refractivity contribution in [1.29, 1.82) is 0 Å². The van der Waals surface area contributed by atoms with Gasteiger partial charge in [0.05, 0.1) is 10.5 Å². The molecule has 0 aliphatic heterocycles.